The van der Waals surface area contributed by atoms with Gasteiger partial charge in [-0.3, -0.25) is 0 Å². The highest BCUT2D eigenvalue weighted by Gasteiger charge is 2.10. The molecule has 3 rings (SSSR count). The Hall–Kier alpha value is -1.23. The zero-order valence-electron chi connectivity index (χ0n) is 8.50. The van der Waals surface area contributed by atoms with Crippen LogP contribution in [0.25, 0.3) is 11.0 Å². The number of benzene rings is 1. The minimum Gasteiger partial charge on any atom is -0.324 e. The van der Waals surface area contributed by atoms with Gasteiger partial charge < -0.3 is 10.3 Å². The van der Waals surface area contributed by atoms with Gasteiger partial charge in [0.2, 0.25) is 5.95 Å². The molecule has 0 spiro atoms. The Bertz CT molecular complexity index is 622. The van der Waals surface area contributed by atoms with E-state index in [4.69, 9.17) is 23.2 Å². The van der Waals surface area contributed by atoms with Gasteiger partial charge >= 0.3 is 0 Å². The minimum atomic E-state index is 0.598. The number of thiophene rings is 1. The molecule has 2 aromatic heterocycles. The van der Waals surface area contributed by atoms with Crippen LogP contribution in [-0.4, -0.2) is 9.97 Å². The molecule has 0 saturated carbocycles. The summed E-state index contributed by atoms with van der Waals surface area (Å²) in [5, 5.41) is 5.47. The van der Waals surface area contributed by atoms with Crippen LogP contribution in [0.1, 0.15) is 0 Å². The van der Waals surface area contributed by atoms with Crippen LogP contribution in [0.4, 0.5) is 11.6 Å². The van der Waals surface area contributed by atoms with Crippen molar-refractivity contribution in [2.24, 2.45) is 0 Å². The second-order valence-corrected chi connectivity index (χ2v) is 5.35. The molecule has 0 unspecified atom stereocenters. The van der Waals surface area contributed by atoms with E-state index in [2.05, 4.69) is 15.3 Å². The third-order valence-corrected chi connectivity index (χ3v) is 3.98. The van der Waals surface area contributed by atoms with Crippen molar-refractivity contribution >= 4 is 57.2 Å². The second kappa shape index (κ2) is 4.22. The van der Waals surface area contributed by atoms with Crippen LogP contribution in [0.2, 0.25) is 9.36 Å². The predicted molar refractivity (Wildman–Crippen MR) is 73.7 cm³/mol. The fourth-order valence-electron chi connectivity index (χ4n) is 1.55. The van der Waals surface area contributed by atoms with Crippen LogP contribution in [-0.2, 0) is 0 Å². The average molecular weight is 284 g/mol. The van der Waals surface area contributed by atoms with Crippen LogP contribution < -0.4 is 5.32 Å². The van der Waals surface area contributed by atoms with Gasteiger partial charge in [-0.1, -0.05) is 35.3 Å². The maximum atomic E-state index is 6.02. The summed E-state index contributed by atoms with van der Waals surface area (Å²) in [5.41, 5.74) is 2.56. The van der Waals surface area contributed by atoms with Gasteiger partial charge in [-0.05, 0) is 12.1 Å². The van der Waals surface area contributed by atoms with Gasteiger partial charge in [0.1, 0.15) is 4.34 Å². The third-order valence-electron chi connectivity index (χ3n) is 2.33. The SMILES string of the molecule is Clc1csc(Cl)c1Nc1nc2ccccc2[nH]1. The Morgan fingerprint density at radius 1 is 1.24 bits per heavy atom. The lowest BCUT2D eigenvalue weighted by Gasteiger charge is -2.00. The molecule has 0 fully saturated rings. The second-order valence-electron chi connectivity index (χ2n) is 3.46. The van der Waals surface area contributed by atoms with E-state index in [1.165, 1.54) is 11.3 Å². The Morgan fingerprint density at radius 3 is 2.76 bits per heavy atom. The van der Waals surface area contributed by atoms with Crippen molar-refractivity contribution in [1.82, 2.24) is 9.97 Å². The lowest BCUT2D eigenvalue weighted by Crippen LogP contribution is -1.91. The number of aromatic nitrogens is 2. The highest BCUT2D eigenvalue weighted by molar-refractivity contribution is 7.15. The maximum Gasteiger partial charge on any atom is 0.205 e. The lowest BCUT2D eigenvalue weighted by molar-refractivity contribution is 1.32. The van der Waals surface area contributed by atoms with Crippen LogP contribution in [0.5, 0.6) is 0 Å². The molecule has 0 amide bonds. The smallest absolute Gasteiger partial charge is 0.205 e. The maximum absolute atomic E-state index is 6.02. The van der Waals surface area contributed by atoms with Gasteiger partial charge in [-0.2, -0.15) is 0 Å². The third kappa shape index (κ3) is 1.99. The number of fused-ring (bicyclic) bond motifs is 1. The van der Waals surface area contributed by atoms with E-state index < -0.39 is 0 Å². The highest BCUT2D eigenvalue weighted by atomic mass is 35.5. The van der Waals surface area contributed by atoms with Gasteiger partial charge in [0.15, 0.2) is 0 Å². The normalized spacial score (nSPS) is 10.9. The summed E-state index contributed by atoms with van der Waals surface area (Å²) >= 11 is 13.4. The molecule has 3 aromatic rings. The lowest BCUT2D eigenvalue weighted by atomic mass is 10.3. The van der Waals surface area contributed by atoms with Gasteiger partial charge in [0.05, 0.1) is 21.7 Å². The Kier molecular flexibility index (Phi) is 2.70. The number of anilines is 2. The molecule has 0 atom stereocenters. The Labute approximate surface area is 111 Å². The number of rotatable bonds is 2. The van der Waals surface area contributed by atoms with E-state index in [1.807, 2.05) is 24.3 Å². The first-order chi connectivity index (χ1) is 8.24. The molecule has 0 aliphatic rings. The molecule has 2 heterocycles. The molecule has 17 heavy (non-hydrogen) atoms. The molecule has 0 bridgehead atoms. The zero-order valence-corrected chi connectivity index (χ0v) is 10.8. The van der Waals surface area contributed by atoms with Crippen molar-refractivity contribution in [3.8, 4) is 0 Å². The first-order valence-electron chi connectivity index (χ1n) is 4.88. The summed E-state index contributed by atoms with van der Waals surface area (Å²) < 4.78 is 0.621. The van der Waals surface area contributed by atoms with E-state index >= 15 is 0 Å². The van der Waals surface area contributed by atoms with Crippen molar-refractivity contribution in [3.05, 3.63) is 39.0 Å². The Balaban J connectivity index is 2.00. The average Bonchev–Trinajstić information content (AvgIpc) is 2.87. The molecule has 6 heteroatoms. The number of nitrogens with one attached hydrogen (secondary N) is 2. The molecule has 0 aliphatic heterocycles. The van der Waals surface area contributed by atoms with Crippen molar-refractivity contribution in [2.75, 3.05) is 5.32 Å². The van der Waals surface area contributed by atoms with Crippen LogP contribution in [0.3, 0.4) is 0 Å². The fourth-order valence-corrected chi connectivity index (χ4v) is 2.82. The van der Waals surface area contributed by atoms with E-state index in [-0.39, 0.29) is 0 Å². The quantitative estimate of drug-likeness (QED) is 0.717. The number of para-hydroxylation sites is 2. The molecule has 0 saturated heterocycles. The summed E-state index contributed by atoms with van der Waals surface area (Å²) in [6, 6.07) is 7.80. The van der Waals surface area contributed by atoms with Gasteiger partial charge in [0.25, 0.3) is 0 Å². The monoisotopic (exact) mass is 283 g/mol. The molecule has 0 aliphatic carbocycles. The largest absolute Gasteiger partial charge is 0.324 e. The fraction of sp³-hybridized carbons (Fsp3) is 0. The van der Waals surface area contributed by atoms with Crippen molar-refractivity contribution in [1.29, 1.82) is 0 Å². The number of halogens is 2. The summed E-state index contributed by atoms with van der Waals surface area (Å²) in [6.07, 6.45) is 0. The molecule has 3 nitrogen and oxygen atoms in total. The van der Waals surface area contributed by atoms with E-state index in [0.29, 0.717) is 21.0 Å². The highest BCUT2D eigenvalue weighted by Crippen LogP contribution is 2.37. The molecule has 0 radical (unpaired) electrons. The molecular formula is C11H7Cl2N3S. The van der Waals surface area contributed by atoms with Gasteiger partial charge in [0, 0.05) is 5.38 Å². The van der Waals surface area contributed by atoms with Crippen LogP contribution in [0.15, 0.2) is 29.6 Å². The van der Waals surface area contributed by atoms with E-state index in [0.717, 1.165) is 11.0 Å². The Morgan fingerprint density at radius 2 is 2.06 bits per heavy atom. The first kappa shape index (κ1) is 10.9. The van der Waals surface area contributed by atoms with Crippen molar-refractivity contribution < 1.29 is 0 Å². The number of hydrogen-bond acceptors (Lipinski definition) is 3. The van der Waals surface area contributed by atoms with Crippen LogP contribution in [0, 0.1) is 0 Å². The summed E-state index contributed by atoms with van der Waals surface area (Å²) in [5.74, 6) is 0.633. The number of imidazole rings is 1. The minimum absolute atomic E-state index is 0.598. The summed E-state index contributed by atoms with van der Waals surface area (Å²) in [6.45, 7) is 0. The molecule has 2 N–H and O–H groups in total. The molecular weight excluding hydrogens is 277 g/mol. The van der Waals surface area contributed by atoms with Crippen LogP contribution >= 0.6 is 34.5 Å². The van der Waals surface area contributed by atoms with Crippen molar-refractivity contribution in [2.45, 2.75) is 0 Å². The molecule has 86 valence electrons. The summed E-state index contributed by atoms with van der Waals surface area (Å²) in [4.78, 5) is 7.54. The van der Waals surface area contributed by atoms with E-state index in [9.17, 15) is 0 Å². The van der Waals surface area contributed by atoms with E-state index in [1.54, 1.807) is 5.38 Å². The van der Waals surface area contributed by atoms with Gasteiger partial charge in [-0.25, -0.2) is 4.98 Å². The zero-order chi connectivity index (χ0) is 11.8. The number of nitrogens with zero attached hydrogens (tertiary/aromatic N) is 1. The predicted octanol–water partition coefficient (Wildman–Crippen LogP) is 4.67. The first-order valence-corrected chi connectivity index (χ1v) is 6.52. The molecule has 1 aromatic carbocycles. The van der Waals surface area contributed by atoms with Gasteiger partial charge in [-0.15, -0.1) is 11.3 Å². The van der Waals surface area contributed by atoms with Crippen molar-refractivity contribution in [3.63, 3.8) is 0 Å². The standard InChI is InChI=1S/C11H7Cl2N3S/c12-6-5-17-10(13)9(6)16-11-14-7-3-1-2-4-8(7)15-11/h1-5H,(H2,14,15,16). The number of H-pyrrole nitrogens is 1. The number of aromatic amines is 1. The number of hydrogen-bond donors (Lipinski definition) is 2. The topological polar surface area (TPSA) is 40.7 Å². The summed E-state index contributed by atoms with van der Waals surface area (Å²) in [7, 11) is 0.